The Morgan fingerprint density at radius 3 is 2.62 bits per heavy atom. The molecule has 2 aliphatic rings. The lowest BCUT2D eigenvalue weighted by atomic mass is 10.0. The lowest BCUT2D eigenvalue weighted by Gasteiger charge is -2.38. The summed E-state index contributed by atoms with van der Waals surface area (Å²) in [6.45, 7) is 0.311. The zero-order valence-corrected chi connectivity index (χ0v) is 17.7. The third kappa shape index (κ3) is 4.88. The average molecular weight is 445 g/mol. The Hall–Kier alpha value is -3.07. The van der Waals surface area contributed by atoms with E-state index in [4.69, 9.17) is 9.84 Å². The van der Waals surface area contributed by atoms with Crippen molar-refractivity contribution >= 4 is 17.6 Å². The van der Waals surface area contributed by atoms with E-state index >= 15 is 0 Å². The first kappa shape index (κ1) is 22.1. The van der Waals surface area contributed by atoms with Crippen molar-refractivity contribution in [3.63, 3.8) is 0 Å². The number of aromatic nitrogens is 1. The summed E-state index contributed by atoms with van der Waals surface area (Å²) in [7, 11) is 0. The molecule has 32 heavy (non-hydrogen) atoms. The predicted molar refractivity (Wildman–Crippen MR) is 113 cm³/mol. The minimum absolute atomic E-state index is 0.0257. The van der Waals surface area contributed by atoms with Gasteiger partial charge in [0.1, 0.15) is 18.2 Å². The van der Waals surface area contributed by atoms with Gasteiger partial charge in [0.2, 0.25) is 11.8 Å². The topological polar surface area (TPSA) is 91.8 Å². The lowest BCUT2D eigenvalue weighted by molar-refractivity contribution is -0.161. The number of carbonyl (C=O) groups is 2. The quantitative estimate of drug-likeness (QED) is 0.713. The van der Waals surface area contributed by atoms with Crippen molar-refractivity contribution in [2.45, 2.75) is 38.2 Å². The molecule has 0 radical (unpaired) electrons. The zero-order chi connectivity index (χ0) is 22.9. The predicted octanol–water partition coefficient (Wildman–Crippen LogP) is 3.01. The summed E-state index contributed by atoms with van der Waals surface area (Å²) in [6.07, 6.45) is 2.03. The summed E-state index contributed by atoms with van der Waals surface area (Å²) in [5.41, 5.74) is 2.36. The molecule has 1 unspecified atom stereocenters. The first-order chi connectivity index (χ1) is 15.3. The highest BCUT2D eigenvalue weighted by atomic mass is 19.3. The monoisotopic (exact) mass is 445 g/mol. The first-order valence-corrected chi connectivity index (χ1v) is 10.6. The van der Waals surface area contributed by atoms with Crippen LogP contribution in [0.1, 0.15) is 24.8 Å². The second-order valence-corrected chi connectivity index (χ2v) is 8.30. The number of anilines is 1. The molecule has 0 spiro atoms. The van der Waals surface area contributed by atoms with Crippen LogP contribution >= 0.6 is 0 Å². The third-order valence-corrected chi connectivity index (χ3v) is 5.76. The van der Waals surface area contributed by atoms with Crippen molar-refractivity contribution in [1.82, 2.24) is 9.88 Å². The van der Waals surface area contributed by atoms with E-state index in [1.54, 1.807) is 31.3 Å². The van der Waals surface area contributed by atoms with Gasteiger partial charge in [-0.05, 0) is 60.7 Å². The molecule has 1 saturated carbocycles. The summed E-state index contributed by atoms with van der Waals surface area (Å²) >= 11 is 0. The van der Waals surface area contributed by atoms with E-state index < -0.39 is 31.1 Å². The van der Waals surface area contributed by atoms with Crippen LogP contribution in [0, 0.1) is 12.8 Å². The van der Waals surface area contributed by atoms with Crippen LogP contribution in [0.25, 0.3) is 11.1 Å². The minimum atomic E-state index is -3.23. The van der Waals surface area contributed by atoms with Crippen molar-refractivity contribution in [2.75, 3.05) is 25.0 Å². The molecule has 9 heteroatoms. The maximum atomic E-state index is 14.5. The number of aliphatic hydroxyl groups excluding tert-OH is 1. The summed E-state index contributed by atoms with van der Waals surface area (Å²) in [5, 5.41) is 11.7. The molecule has 2 heterocycles. The Morgan fingerprint density at radius 2 is 1.97 bits per heavy atom. The number of halogens is 2. The molecule has 2 aromatic rings. The summed E-state index contributed by atoms with van der Waals surface area (Å²) in [4.78, 5) is 28.7. The van der Waals surface area contributed by atoms with E-state index in [0.717, 1.165) is 28.9 Å². The fourth-order valence-corrected chi connectivity index (χ4v) is 3.74. The van der Waals surface area contributed by atoms with Crippen molar-refractivity contribution < 1.29 is 28.2 Å². The Balaban J connectivity index is 1.46. The molecule has 2 amide bonds. The Bertz CT molecular complexity index is 1030. The van der Waals surface area contributed by atoms with Gasteiger partial charge in [-0.2, -0.15) is 0 Å². The molecular formula is C23H25F2N3O4. The molecule has 4 rings (SSSR count). The van der Waals surface area contributed by atoms with Gasteiger partial charge in [-0.3, -0.25) is 9.59 Å². The molecule has 2 fully saturated rings. The molecule has 1 atom stereocenters. The van der Waals surface area contributed by atoms with Gasteiger partial charge in [0, 0.05) is 25.1 Å². The van der Waals surface area contributed by atoms with E-state index in [1.807, 2.05) is 12.1 Å². The van der Waals surface area contributed by atoms with E-state index in [2.05, 4.69) is 10.3 Å². The number of pyridine rings is 1. The van der Waals surface area contributed by atoms with Crippen LogP contribution in [-0.2, 0) is 9.59 Å². The number of likely N-dealkylation sites (tertiary alicyclic amines) is 1. The van der Waals surface area contributed by atoms with Crippen LogP contribution in [0.5, 0.6) is 5.75 Å². The van der Waals surface area contributed by atoms with Gasteiger partial charge in [0.25, 0.3) is 0 Å². The van der Waals surface area contributed by atoms with Crippen LogP contribution in [0.3, 0.4) is 0 Å². The molecule has 1 saturated heterocycles. The maximum absolute atomic E-state index is 14.5. The zero-order valence-electron chi connectivity index (χ0n) is 17.7. The van der Waals surface area contributed by atoms with Crippen LogP contribution < -0.4 is 10.1 Å². The number of amides is 2. The Labute approximate surface area is 184 Å². The second-order valence-electron chi connectivity index (χ2n) is 8.30. The molecule has 1 aliphatic heterocycles. The van der Waals surface area contributed by atoms with Gasteiger partial charge >= 0.3 is 5.92 Å². The fraction of sp³-hybridized carbons (Fsp3) is 0.435. The number of rotatable bonds is 6. The number of hydrogen-bond donors (Lipinski definition) is 2. The lowest BCUT2D eigenvalue weighted by Crippen LogP contribution is -2.55. The highest BCUT2D eigenvalue weighted by Crippen LogP contribution is 2.34. The number of benzene rings is 1. The number of alkyl halides is 2. The average Bonchev–Trinajstić information content (AvgIpc) is 3.61. The summed E-state index contributed by atoms with van der Waals surface area (Å²) in [6, 6.07) is 8.84. The van der Waals surface area contributed by atoms with Gasteiger partial charge in [-0.15, -0.1) is 0 Å². The van der Waals surface area contributed by atoms with E-state index in [1.165, 1.54) is 0 Å². The standard InChI is InChI=1S/C23H25F2N3O4/c1-14-10-16(17-6-8-26-20(11-17)27-22(31)15-2-3-15)4-5-18(14)32-19-7-9-28(21(30)12-29)13-23(19,24)25/h4-6,8,10-11,15,19,29H,2-3,7,9,12-13H2,1H3,(H,26,27,31). The van der Waals surface area contributed by atoms with E-state index in [9.17, 15) is 18.4 Å². The molecular weight excluding hydrogens is 420 g/mol. The smallest absolute Gasteiger partial charge is 0.301 e. The van der Waals surface area contributed by atoms with E-state index in [-0.39, 0.29) is 24.8 Å². The van der Waals surface area contributed by atoms with E-state index in [0.29, 0.717) is 17.1 Å². The maximum Gasteiger partial charge on any atom is 0.301 e. The minimum Gasteiger partial charge on any atom is -0.484 e. The van der Waals surface area contributed by atoms with Crippen molar-refractivity contribution in [2.24, 2.45) is 5.92 Å². The normalized spacial score (nSPS) is 20.0. The molecule has 1 aromatic carbocycles. The number of hydrogen-bond acceptors (Lipinski definition) is 5. The highest BCUT2D eigenvalue weighted by Gasteiger charge is 2.47. The van der Waals surface area contributed by atoms with Gasteiger partial charge in [0.05, 0.1) is 6.54 Å². The van der Waals surface area contributed by atoms with Gasteiger partial charge < -0.3 is 20.1 Å². The SMILES string of the molecule is Cc1cc(-c2ccnc(NC(=O)C3CC3)c2)ccc1OC1CCN(C(=O)CO)CC1(F)F. The number of ether oxygens (including phenoxy) is 1. The fourth-order valence-electron chi connectivity index (χ4n) is 3.74. The number of nitrogens with one attached hydrogen (secondary N) is 1. The van der Waals surface area contributed by atoms with Crippen LogP contribution in [-0.4, -0.2) is 58.5 Å². The molecule has 7 nitrogen and oxygen atoms in total. The number of nitrogens with zero attached hydrogens (tertiary/aromatic N) is 2. The van der Waals surface area contributed by atoms with Gasteiger partial charge in [-0.25, -0.2) is 13.8 Å². The number of aryl methyl sites for hydroxylation is 1. The first-order valence-electron chi connectivity index (χ1n) is 10.6. The van der Waals surface area contributed by atoms with Crippen molar-refractivity contribution in [3.8, 4) is 16.9 Å². The van der Waals surface area contributed by atoms with Gasteiger partial charge in [0.15, 0.2) is 6.10 Å². The molecule has 0 bridgehead atoms. The number of aliphatic hydroxyl groups is 1. The third-order valence-electron chi connectivity index (χ3n) is 5.76. The number of piperidine rings is 1. The van der Waals surface area contributed by atoms with Crippen LogP contribution in [0.15, 0.2) is 36.5 Å². The van der Waals surface area contributed by atoms with Crippen LogP contribution in [0.2, 0.25) is 0 Å². The highest BCUT2D eigenvalue weighted by molar-refractivity contribution is 5.93. The second kappa shape index (κ2) is 8.82. The van der Waals surface area contributed by atoms with Crippen LogP contribution in [0.4, 0.5) is 14.6 Å². The van der Waals surface area contributed by atoms with Crippen molar-refractivity contribution in [1.29, 1.82) is 0 Å². The summed E-state index contributed by atoms with van der Waals surface area (Å²) < 4.78 is 34.7. The largest absolute Gasteiger partial charge is 0.484 e. The molecule has 170 valence electrons. The molecule has 1 aliphatic carbocycles. The number of carbonyl (C=O) groups excluding carboxylic acids is 2. The Kier molecular flexibility index (Phi) is 6.10. The van der Waals surface area contributed by atoms with Crippen molar-refractivity contribution in [3.05, 3.63) is 42.1 Å². The van der Waals surface area contributed by atoms with Gasteiger partial charge in [-0.1, -0.05) is 6.07 Å². The molecule has 2 N–H and O–H groups in total. The summed E-state index contributed by atoms with van der Waals surface area (Å²) in [5.74, 6) is -3.08. The molecule has 1 aromatic heterocycles. The Morgan fingerprint density at radius 1 is 1.22 bits per heavy atom.